The van der Waals surface area contributed by atoms with Gasteiger partial charge in [-0.2, -0.15) is 0 Å². The van der Waals surface area contributed by atoms with Crippen LogP contribution in [-0.4, -0.2) is 39.5 Å². The third-order valence-corrected chi connectivity index (χ3v) is 3.50. The van der Waals surface area contributed by atoms with Crippen LogP contribution in [0.1, 0.15) is 17.1 Å². The molecule has 0 amide bonds. The molecule has 0 spiro atoms. The summed E-state index contributed by atoms with van der Waals surface area (Å²) in [7, 11) is 2.14. The van der Waals surface area contributed by atoms with Crippen LogP contribution in [0.4, 0.5) is 0 Å². The molecule has 0 aliphatic carbocycles. The van der Waals surface area contributed by atoms with Crippen molar-refractivity contribution in [2.75, 3.05) is 13.6 Å². The second-order valence-corrected chi connectivity index (χ2v) is 5.13. The fraction of sp³-hybridized carbons (Fsp3) is 0.429. The maximum absolute atomic E-state index is 4.37. The molecule has 100 valence electrons. The fourth-order valence-corrected chi connectivity index (χ4v) is 2.57. The molecule has 2 N–H and O–H groups in total. The van der Waals surface area contributed by atoms with Crippen molar-refractivity contribution in [2.45, 2.75) is 25.6 Å². The molecule has 0 saturated heterocycles. The molecule has 1 aliphatic heterocycles. The van der Waals surface area contributed by atoms with E-state index in [1.807, 2.05) is 18.3 Å². The Labute approximate surface area is 113 Å². The van der Waals surface area contributed by atoms with Crippen molar-refractivity contribution in [3.8, 4) is 0 Å². The highest BCUT2D eigenvalue weighted by Gasteiger charge is 2.20. The van der Waals surface area contributed by atoms with Crippen molar-refractivity contribution in [3.05, 3.63) is 47.8 Å². The summed E-state index contributed by atoms with van der Waals surface area (Å²) in [6, 6.07) is 6.51. The molecule has 2 aromatic heterocycles. The highest BCUT2D eigenvalue weighted by atomic mass is 15.1. The van der Waals surface area contributed by atoms with Gasteiger partial charge < -0.3 is 10.3 Å². The highest BCUT2D eigenvalue weighted by molar-refractivity contribution is 5.16. The van der Waals surface area contributed by atoms with Gasteiger partial charge in [-0.25, -0.2) is 4.98 Å². The predicted molar refractivity (Wildman–Crippen MR) is 73.5 cm³/mol. The van der Waals surface area contributed by atoms with Gasteiger partial charge >= 0.3 is 0 Å². The van der Waals surface area contributed by atoms with Crippen LogP contribution in [0.15, 0.2) is 30.7 Å². The molecule has 2 aromatic rings. The lowest BCUT2D eigenvalue weighted by Crippen LogP contribution is -2.43. The SMILES string of the molecule is CN(Cc1ccccn1)CC1Cc2nc[nH]c2CN1. The molecule has 1 unspecified atom stereocenters. The number of fused-ring (bicyclic) bond motifs is 1. The van der Waals surface area contributed by atoms with Gasteiger partial charge in [0.25, 0.3) is 0 Å². The molecule has 3 heterocycles. The van der Waals surface area contributed by atoms with E-state index in [0.29, 0.717) is 6.04 Å². The minimum Gasteiger partial charge on any atom is -0.347 e. The van der Waals surface area contributed by atoms with Crippen LogP contribution in [0.5, 0.6) is 0 Å². The summed E-state index contributed by atoms with van der Waals surface area (Å²) in [4.78, 5) is 14.2. The molecule has 5 nitrogen and oxygen atoms in total. The Hall–Kier alpha value is -1.72. The van der Waals surface area contributed by atoms with Gasteiger partial charge in [-0.3, -0.25) is 9.88 Å². The van der Waals surface area contributed by atoms with Crippen molar-refractivity contribution >= 4 is 0 Å². The second kappa shape index (κ2) is 5.50. The van der Waals surface area contributed by atoms with Gasteiger partial charge in [-0.1, -0.05) is 6.07 Å². The summed E-state index contributed by atoms with van der Waals surface area (Å²) in [5.41, 5.74) is 3.54. The lowest BCUT2D eigenvalue weighted by molar-refractivity contribution is 0.270. The van der Waals surface area contributed by atoms with Crippen LogP contribution in [0.3, 0.4) is 0 Å². The first-order valence-corrected chi connectivity index (χ1v) is 6.64. The van der Waals surface area contributed by atoms with Crippen LogP contribution >= 0.6 is 0 Å². The number of H-pyrrole nitrogens is 1. The number of likely N-dealkylation sites (N-methyl/N-ethyl adjacent to an activating group) is 1. The summed E-state index contributed by atoms with van der Waals surface area (Å²) in [5.74, 6) is 0. The Balaban J connectivity index is 1.55. The molecule has 0 fully saturated rings. The minimum absolute atomic E-state index is 0.463. The molecule has 0 saturated carbocycles. The lowest BCUT2D eigenvalue weighted by atomic mass is 10.1. The second-order valence-electron chi connectivity index (χ2n) is 5.13. The Morgan fingerprint density at radius 1 is 1.37 bits per heavy atom. The normalized spacial score (nSPS) is 18.5. The molecule has 19 heavy (non-hydrogen) atoms. The number of hydrogen-bond acceptors (Lipinski definition) is 4. The maximum Gasteiger partial charge on any atom is 0.0925 e. The van der Waals surface area contributed by atoms with E-state index in [9.17, 15) is 0 Å². The van der Waals surface area contributed by atoms with Crippen molar-refractivity contribution in [1.29, 1.82) is 0 Å². The molecular formula is C14H19N5. The quantitative estimate of drug-likeness (QED) is 0.856. The molecule has 1 atom stereocenters. The number of hydrogen-bond donors (Lipinski definition) is 2. The monoisotopic (exact) mass is 257 g/mol. The van der Waals surface area contributed by atoms with Gasteiger partial charge in [-0.15, -0.1) is 0 Å². The first-order valence-electron chi connectivity index (χ1n) is 6.64. The first kappa shape index (κ1) is 12.3. The van der Waals surface area contributed by atoms with Crippen LogP contribution in [-0.2, 0) is 19.5 Å². The topological polar surface area (TPSA) is 56.8 Å². The zero-order valence-electron chi connectivity index (χ0n) is 11.1. The molecule has 0 radical (unpaired) electrons. The molecule has 0 aromatic carbocycles. The van der Waals surface area contributed by atoms with Crippen molar-refractivity contribution in [3.63, 3.8) is 0 Å². The van der Waals surface area contributed by atoms with Crippen molar-refractivity contribution in [1.82, 2.24) is 25.2 Å². The van der Waals surface area contributed by atoms with Gasteiger partial charge in [0.1, 0.15) is 0 Å². The average molecular weight is 257 g/mol. The van der Waals surface area contributed by atoms with E-state index in [1.165, 1.54) is 11.4 Å². The van der Waals surface area contributed by atoms with Gasteiger partial charge in [0.2, 0.25) is 0 Å². The largest absolute Gasteiger partial charge is 0.347 e. The Bertz CT molecular complexity index is 522. The van der Waals surface area contributed by atoms with Crippen LogP contribution in [0.25, 0.3) is 0 Å². The van der Waals surface area contributed by atoms with Gasteiger partial charge in [0.05, 0.1) is 23.4 Å². The minimum atomic E-state index is 0.463. The average Bonchev–Trinajstić information content (AvgIpc) is 2.87. The maximum atomic E-state index is 4.37. The van der Waals surface area contributed by atoms with Gasteiger partial charge in [0, 0.05) is 38.3 Å². The fourth-order valence-electron chi connectivity index (χ4n) is 2.57. The first-order chi connectivity index (χ1) is 9.31. The van der Waals surface area contributed by atoms with Crippen LogP contribution in [0.2, 0.25) is 0 Å². The molecule has 5 heteroatoms. The Kier molecular flexibility index (Phi) is 3.57. The lowest BCUT2D eigenvalue weighted by Gasteiger charge is -2.27. The highest BCUT2D eigenvalue weighted by Crippen LogP contribution is 2.13. The Morgan fingerprint density at radius 3 is 3.16 bits per heavy atom. The van der Waals surface area contributed by atoms with E-state index in [0.717, 1.165) is 31.7 Å². The standard InChI is InChI=1S/C14H19N5/c1-19(8-11-4-2-3-5-15-11)9-12-6-13-14(7-16-12)18-10-17-13/h2-5,10,12,16H,6-9H2,1H3,(H,17,18). The number of rotatable bonds is 4. The van der Waals surface area contributed by atoms with E-state index in [2.05, 4.69) is 38.3 Å². The zero-order chi connectivity index (χ0) is 13.1. The number of aromatic nitrogens is 3. The number of nitrogens with zero attached hydrogens (tertiary/aromatic N) is 3. The zero-order valence-corrected chi connectivity index (χ0v) is 11.1. The molecule has 1 aliphatic rings. The van der Waals surface area contributed by atoms with Crippen LogP contribution < -0.4 is 5.32 Å². The Morgan fingerprint density at radius 2 is 2.32 bits per heavy atom. The number of aromatic amines is 1. The van der Waals surface area contributed by atoms with E-state index in [4.69, 9.17) is 0 Å². The summed E-state index contributed by atoms with van der Waals surface area (Å²) in [6.45, 7) is 2.77. The third kappa shape index (κ3) is 3.00. The summed E-state index contributed by atoms with van der Waals surface area (Å²) in [5, 5.41) is 3.54. The van der Waals surface area contributed by atoms with E-state index >= 15 is 0 Å². The molecule has 3 rings (SSSR count). The number of nitrogens with one attached hydrogen (secondary N) is 2. The number of imidazole rings is 1. The molecular weight excluding hydrogens is 238 g/mol. The summed E-state index contributed by atoms with van der Waals surface area (Å²) >= 11 is 0. The predicted octanol–water partition coefficient (Wildman–Crippen LogP) is 0.951. The number of pyridine rings is 1. The van der Waals surface area contributed by atoms with Gasteiger partial charge in [0.15, 0.2) is 0 Å². The van der Waals surface area contributed by atoms with Crippen molar-refractivity contribution < 1.29 is 0 Å². The van der Waals surface area contributed by atoms with Gasteiger partial charge in [-0.05, 0) is 19.2 Å². The van der Waals surface area contributed by atoms with E-state index in [-0.39, 0.29) is 0 Å². The summed E-state index contributed by atoms with van der Waals surface area (Å²) < 4.78 is 0. The van der Waals surface area contributed by atoms with Crippen LogP contribution in [0, 0.1) is 0 Å². The van der Waals surface area contributed by atoms with E-state index in [1.54, 1.807) is 6.33 Å². The summed E-state index contributed by atoms with van der Waals surface area (Å²) in [6.07, 6.45) is 4.62. The van der Waals surface area contributed by atoms with Crippen molar-refractivity contribution in [2.24, 2.45) is 0 Å². The van der Waals surface area contributed by atoms with E-state index < -0.39 is 0 Å². The third-order valence-electron chi connectivity index (χ3n) is 3.50. The smallest absolute Gasteiger partial charge is 0.0925 e. The molecule has 0 bridgehead atoms.